The van der Waals surface area contributed by atoms with Crippen LogP contribution in [0.4, 0.5) is 4.79 Å². The Bertz CT molecular complexity index is 2290. The van der Waals surface area contributed by atoms with Crippen molar-refractivity contribution < 1.29 is 47.8 Å². The third-order valence-electron chi connectivity index (χ3n) is 10.8. The van der Waals surface area contributed by atoms with Crippen molar-refractivity contribution in [3.63, 3.8) is 0 Å². The van der Waals surface area contributed by atoms with Crippen LogP contribution < -0.4 is 31.9 Å². The highest BCUT2D eigenvalue weighted by Gasteiger charge is 2.37. The topological polar surface area (TPSA) is 219 Å². The van der Waals surface area contributed by atoms with E-state index in [9.17, 15) is 33.6 Å². The van der Waals surface area contributed by atoms with Crippen LogP contribution in [0.2, 0.25) is 0 Å². The molecule has 0 heterocycles. The highest BCUT2D eigenvalue weighted by molar-refractivity contribution is 6.02. The molecule has 6 N–H and O–H groups in total. The van der Waals surface area contributed by atoms with Gasteiger partial charge < -0.3 is 46.1 Å². The van der Waals surface area contributed by atoms with E-state index in [4.69, 9.17) is 14.2 Å². The van der Waals surface area contributed by atoms with E-state index in [1.165, 1.54) is 0 Å². The molecular weight excluding hydrogens is 893 g/mol. The van der Waals surface area contributed by atoms with Gasteiger partial charge in [-0.15, -0.1) is 0 Å². The number of amides is 6. The number of nitrogens with one attached hydrogen (secondary N) is 6. The van der Waals surface area contributed by atoms with Crippen LogP contribution in [0.3, 0.4) is 0 Å². The Balaban J connectivity index is 1.59. The van der Waals surface area contributed by atoms with E-state index in [1.807, 2.05) is 92.7 Å². The number of carbonyl (C=O) groups excluding carboxylic acids is 7. The molecular formula is C54H70N6O10. The average molecular weight is 963 g/mol. The van der Waals surface area contributed by atoms with Crippen LogP contribution in [0.5, 0.6) is 0 Å². The van der Waals surface area contributed by atoms with E-state index in [0.29, 0.717) is 5.56 Å². The van der Waals surface area contributed by atoms with Gasteiger partial charge in [0.05, 0.1) is 12.7 Å². The van der Waals surface area contributed by atoms with Crippen LogP contribution in [0.25, 0.3) is 0 Å². The molecule has 4 aromatic rings. The smallest absolute Gasteiger partial charge is 0.408 e. The molecule has 0 saturated carbocycles. The summed E-state index contributed by atoms with van der Waals surface area (Å²) in [6.45, 7) is 13.5. The number of carbonyl (C=O) groups is 7. The molecule has 0 bridgehead atoms. The summed E-state index contributed by atoms with van der Waals surface area (Å²) in [7, 11) is 0. The van der Waals surface area contributed by atoms with Gasteiger partial charge in [0.2, 0.25) is 29.5 Å². The summed E-state index contributed by atoms with van der Waals surface area (Å²) in [6, 6.07) is 32.6. The first-order valence-corrected chi connectivity index (χ1v) is 23.7. The van der Waals surface area contributed by atoms with Gasteiger partial charge in [0.15, 0.2) is 0 Å². The zero-order chi connectivity index (χ0) is 51.2. The fourth-order valence-corrected chi connectivity index (χ4v) is 7.33. The van der Waals surface area contributed by atoms with Crippen LogP contribution in [0.1, 0.15) is 84.1 Å². The average Bonchev–Trinajstić information content (AvgIpc) is 3.31. The maximum Gasteiger partial charge on any atom is 0.408 e. The Hall–Kier alpha value is -7.07. The zero-order valence-electron chi connectivity index (χ0n) is 41.5. The third kappa shape index (κ3) is 19.9. The van der Waals surface area contributed by atoms with E-state index in [0.717, 1.165) is 16.7 Å². The molecule has 376 valence electrons. The van der Waals surface area contributed by atoms with Crippen LogP contribution in [0.15, 0.2) is 121 Å². The lowest BCUT2D eigenvalue weighted by molar-refractivity contribution is -0.150. The molecule has 0 aromatic heterocycles. The minimum absolute atomic E-state index is 0.00714. The molecule has 0 spiro atoms. The van der Waals surface area contributed by atoms with Crippen molar-refractivity contribution in [3.05, 3.63) is 144 Å². The van der Waals surface area contributed by atoms with Crippen molar-refractivity contribution in [2.24, 2.45) is 17.8 Å². The van der Waals surface area contributed by atoms with Crippen molar-refractivity contribution in [1.82, 2.24) is 31.9 Å². The molecule has 70 heavy (non-hydrogen) atoms. The van der Waals surface area contributed by atoms with E-state index >= 15 is 0 Å². The maximum atomic E-state index is 14.6. The highest BCUT2D eigenvalue weighted by atomic mass is 16.6. The molecule has 0 radical (unpaired) electrons. The zero-order valence-corrected chi connectivity index (χ0v) is 41.5. The fourth-order valence-electron chi connectivity index (χ4n) is 7.33. The quantitative estimate of drug-likeness (QED) is 0.0271. The number of hydrogen-bond acceptors (Lipinski definition) is 10. The molecule has 4 aromatic carbocycles. The molecule has 4 rings (SSSR count). The molecule has 6 atom stereocenters. The van der Waals surface area contributed by atoms with Crippen molar-refractivity contribution in [2.75, 3.05) is 6.54 Å². The normalized spacial score (nSPS) is 13.9. The van der Waals surface area contributed by atoms with Gasteiger partial charge in [-0.05, 0) is 68.2 Å². The number of benzene rings is 4. The minimum Gasteiger partial charge on any atom is -0.459 e. The first kappa shape index (κ1) is 55.5. The lowest BCUT2D eigenvalue weighted by atomic mass is 9.92. The summed E-state index contributed by atoms with van der Waals surface area (Å²) in [5, 5.41) is 16.4. The highest BCUT2D eigenvalue weighted by Crippen LogP contribution is 2.16. The number of esters is 1. The van der Waals surface area contributed by atoms with Crippen molar-refractivity contribution >= 4 is 41.6 Å². The summed E-state index contributed by atoms with van der Waals surface area (Å²) >= 11 is 0. The molecule has 0 aliphatic heterocycles. The summed E-state index contributed by atoms with van der Waals surface area (Å²) in [4.78, 5) is 96.7. The Morgan fingerprint density at radius 3 is 1.53 bits per heavy atom. The fraction of sp³-hybridized carbons (Fsp3) is 0.426. The molecule has 0 aliphatic rings. The van der Waals surface area contributed by atoms with E-state index < -0.39 is 96.0 Å². The van der Waals surface area contributed by atoms with Gasteiger partial charge in [0.1, 0.15) is 49.0 Å². The van der Waals surface area contributed by atoms with Crippen LogP contribution >= 0.6 is 0 Å². The van der Waals surface area contributed by atoms with Crippen LogP contribution in [-0.2, 0) is 69.0 Å². The largest absolute Gasteiger partial charge is 0.459 e. The van der Waals surface area contributed by atoms with Gasteiger partial charge in [0.25, 0.3) is 0 Å². The van der Waals surface area contributed by atoms with Gasteiger partial charge in [-0.3, -0.25) is 24.0 Å². The number of rotatable bonds is 25. The summed E-state index contributed by atoms with van der Waals surface area (Å²) < 4.78 is 17.1. The Kier molecular flexibility index (Phi) is 22.1. The monoisotopic (exact) mass is 963 g/mol. The lowest BCUT2D eigenvalue weighted by Crippen LogP contribution is -2.61. The number of ether oxygens (including phenoxy) is 3. The molecule has 1 unspecified atom stereocenters. The van der Waals surface area contributed by atoms with Gasteiger partial charge >= 0.3 is 12.1 Å². The van der Waals surface area contributed by atoms with E-state index in [1.54, 1.807) is 84.0 Å². The van der Waals surface area contributed by atoms with Gasteiger partial charge in [-0.25, -0.2) is 9.59 Å². The molecule has 16 heteroatoms. The molecule has 0 aliphatic carbocycles. The first-order chi connectivity index (χ1) is 33.3. The Morgan fingerprint density at radius 2 is 1.01 bits per heavy atom. The van der Waals surface area contributed by atoms with Crippen molar-refractivity contribution in [3.8, 4) is 0 Å². The van der Waals surface area contributed by atoms with Crippen molar-refractivity contribution in [1.29, 1.82) is 0 Å². The predicted molar refractivity (Wildman–Crippen MR) is 265 cm³/mol. The SMILES string of the molecule is CC(C)C[C@H](NC(=O)[C@@H](NC(=O)[C@H](Cc1ccccc1)NC(=O)C(C(=O)N[C@H](Cc1ccccc1)NC(=O)CNC(=O)OC(C)(C)C)C(C)C)[C@@H](C)OCc1ccccc1)C(=O)OCc1ccccc1. The molecule has 16 nitrogen and oxygen atoms in total. The molecule has 0 saturated heterocycles. The summed E-state index contributed by atoms with van der Waals surface area (Å²) in [5.74, 6) is -6.27. The third-order valence-corrected chi connectivity index (χ3v) is 10.8. The predicted octanol–water partition coefficient (Wildman–Crippen LogP) is 5.68. The first-order valence-electron chi connectivity index (χ1n) is 23.7. The van der Waals surface area contributed by atoms with Gasteiger partial charge in [0, 0.05) is 12.8 Å². The number of hydrogen-bond donors (Lipinski definition) is 6. The second-order valence-corrected chi connectivity index (χ2v) is 18.9. The second-order valence-electron chi connectivity index (χ2n) is 18.9. The summed E-state index contributed by atoms with van der Waals surface area (Å²) in [5.41, 5.74) is 2.23. The lowest BCUT2D eigenvalue weighted by Gasteiger charge is -2.30. The maximum absolute atomic E-state index is 14.6. The van der Waals surface area contributed by atoms with E-state index in [-0.39, 0.29) is 38.4 Å². The minimum atomic E-state index is -1.38. The Labute approximate surface area is 411 Å². The van der Waals surface area contributed by atoms with Crippen LogP contribution in [0, 0.1) is 17.8 Å². The molecule has 6 amide bonds. The standard InChI is InChI=1S/C54H70N6O10/c1-35(2)29-43(52(66)69-34-41-27-19-12-20-28-41)57-51(65)47(37(5)68-33-40-25-17-11-18-26-40)60-48(62)42(30-38-21-13-9-14-22-38)56-49(63)46(36(3)4)50(64)59-44(31-39-23-15-10-16-24-39)58-45(61)32-55-53(67)70-54(6,7)8/h9-28,35-37,42-44,46-47H,29-34H2,1-8H3,(H,55,67)(H,56,63)(H,57,65)(H,58,61)(H,59,64)(H,60,62)/t37-,42+,43+,44-,46?,47+/m1/s1. The molecule has 0 fully saturated rings. The number of alkyl carbamates (subject to hydrolysis) is 1. The van der Waals surface area contributed by atoms with Gasteiger partial charge in [-0.1, -0.05) is 149 Å². The second kappa shape index (κ2) is 27.8. The van der Waals surface area contributed by atoms with Crippen molar-refractivity contribution in [2.45, 2.75) is 124 Å². The Morgan fingerprint density at radius 1 is 0.529 bits per heavy atom. The van der Waals surface area contributed by atoms with E-state index in [2.05, 4.69) is 31.9 Å². The van der Waals surface area contributed by atoms with Gasteiger partial charge in [-0.2, -0.15) is 0 Å². The summed E-state index contributed by atoms with van der Waals surface area (Å²) in [6.07, 6.45) is -2.43. The van der Waals surface area contributed by atoms with Crippen LogP contribution in [-0.4, -0.2) is 84.1 Å².